The molecule has 1 saturated heterocycles. The lowest BCUT2D eigenvalue weighted by atomic mass is 10.1. The number of hydrogen-bond donors (Lipinski definition) is 0. The molecule has 81 valence electrons. The molecule has 0 N–H and O–H groups in total. The Morgan fingerprint density at radius 3 is 2.73 bits per heavy atom. The third kappa shape index (κ3) is 3.01. The van der Waals surface area contributed by atoms with Gasteiger partial charge in [-0.05, 0) is 19.3 Å². The van der Waals surface area contributed by atoms with Crippen LogP contribution in [0.2, 0.25) is 0 Å². The summed E-state index contributed by atoms with van der Waals surface area (Å²) in [6.45, 7) is 0.798. The molecule has 2 unspecified atom stereocenters. The molecule has 1 fully saturated rings. The van der Waals surface area contributed by atoms with Crippen LogP contribution in [0.25, 0.3) is 0 Å². The second kappa shape index (κ2) is 5.24. The van der Waals surface area contributed by atoms with E-state index in [2.05, 4.69) is 5.32 Å². The van der Waals surface area contributed by atoms with Gasteiger partial charge in [0.2, 0.25) is 6.36 Å². The fraction of sp³-hybridized carbons (Fsp3) is 0.500. The quantitative estimate of drug-likeness (QED) is 0.749. The average molecular weight is 208 g/mol. The van der Waals surface area contributed by atoms with Crippen molar-refractivity contribution in [2.45, 2.75) is 31.8 Å². The molecule has 0 aromatic heterocycles. The fourth-order valence-corrected chi connectivity index (χ4v) is 1.69. The van der Waals surface area contributed by atoms with Crippen LogP contribution in [-0.2, 0) is 4.74 Å². The zero-order valence-electron chi connectivity index (χ0n) is 8.60. The summed E-state index contributed by atoms with van der Waals surface area (Å²) in [6.07, 6.45) is 1.41. The van der Waals surface area contributed by atoms with Crippen molar-refractivity contribution in [1.29, 1.82) is 0 Å². The molecule has 15 heavy (non-hydrogen) atoms. The van der Waals surface area contributed by atoms with Gasteiger partial charge in [-0.15, -0.1) is 0 Å². The smallest absolute Gasteiger partial charge is 0.226 e. The van der Waals surface area contributed by atoms with Gasteiger partial charge in [0, 0.05) is 12.1 Å². The van der Waals surface area contributed by atoms with E-state index in [1.54, 1.807) is 12.1 Å². The van der Waals surface area contributed by atoms with Crippen LogP contribution in [0, 0.1) is 0 Å². The molecule has 1 aromatic carbocycles. The maximum atomic E-state index is 13.6. The van der Waals surface area contributed by atoms with Gasteiger partial charge in [0.05, 0.1) is 0 Å². The maximum absolute atomic E-state index is 13.6. The van der Waals surface area contributed by atoms with Crippen molar-refractivity contribution in [1.82, 2.24) is 5.32 Å². The van der Waals surface area contributed by atoms with Crippen LogP contribution in [0.4, 0.5) is 4.39 Å². The standard InChI is InChI=1S/C12H15FNO/c13-12(10-6-2-1-3-7-10)15-11-8-4-5-9-14-11/h1-3,6-7,11-12H,4-5,8-9H2. The van der Waals surface area contributed by atoms with Crippen LogP contribution >= 0.6 is 0 Å². The summed E-state index contributed by atoms with van der Waals surface area (Å²) in [5.41, 5.74) is 0.568. The first-order chi connectivity index (χ1) is 7.36. The first-order valence-electron chi connectivity index (χ1n) is 5.37. The molecule has 2 atom stereocenters. The molecule has 2 nitrogen and oxygen atoms in total. The average Bonchev–Trinajstić information content (AvgIpc) is 2.31. The lowest BCUT2D eigenvalue weighted by Crippen LogP contribution is -2.30. The molecule has 1 aromatic rings. The number of alkyl halides is 1. The predicted octanol–water partition coefficient (Wildman–Crippen LogP) is 2.79. The SMILES string of the molecule is FC(OC1CCCC[N]1)c1ccccc1. The van der Waals surface area contributed by atoms with E-state index in [4.69, 9.17) is 4.74 Å². The van der Waals surface area contributed by atoms with E-state index < -0.39 is 6.36 Å². The Hall–Kier alpha value is -0.930. The second-order valence-electron chi connectivity index (χ2n) is 3.72. The van der Waals surface area contributed by atoms with Crippen LogP contribution in [0.3, 0.4) is 0 Å². The monoisotopic (exact) mass is 208 g/mol. The topological polar surface area (TPSA) is 23.3 Å². The lowest BCUT2D eigenvalue weighted by Gasteiger charge is -2.23. The van der Waals surface area contributed by atoms with Crippen LogP contribution in [-0.4, -0.2) is 12.8 Å². The Morgan fingerprint density at radius 1 is 1.27 bits per heavy atom. The van der Waals surface area contributed by atoms with E-state index in [0.29, 0.717) is 5.56 Å². The minimum absolute atomic E-state index is 0.256. The van der Waals surface area contributed by atoms with Crippen LogP contribution in [0.5, 0.6) is 0 Å². The summed E-state index contributed by atoms with van der Waals surface area (Å²) in [7, 11) is 0. The molecule has 3 heteroatoms. The highest BCUT2D eigenvalue weighted by atomic mass is 19.1. The van der Waals surface area contributed by atoms with E-state index in [1.165, 1.54) is 0 Å². The van der Waals surface area contributed by atoms with Gasteiger partial charge in [-0.1, -0.05) is 30.3 Å². The molecule has 0 aliphatic carbocycles. The molecule has 1 aliphatic heterocycles. The lowest BCUT2D eigenvalue weighted by molar-refractivity contribution is -0.111. The number of piperidine rings is 1. The molecule has 2 rings (SSSR count). The number of ether oxygens (including phenoxy) is 1. The van der Waals surface area contributed by atoms with E-state index in [9.17, 15) is 4.39 Å². The largest absolute Gasteiger partial charge is 0.324 e. The molecule has 1 aliphatic rings. The molecular formula is C12H15FNO. The molecule has 0 spiro atoms. The maximum Gasteiger partial charge on any atom is 0.226 e. The van der Waals surface area contributed by atoms with Gasteiger partial charge in [0.1, 0.15) is 6.23 Å². The summed E-state index contributed by atoms with van der Waals surface area (Å²) >= 11 is 0. The number of rotatable bonds is 3. The summed E-state index contributed by atoms with van der Waals surface area (Å²) in [5.74, 6) is 0. The van der Waals surface area contributed by atoms with Crippen molar-refractivity contribution in [2.24, 2.45) is 0 Å². The van der Waals surface area contributed by atoms with Crippen LogP contribution in [0.15, 0.2) is 30.3 Å². The Balaban J connectivity index is 1.88. The zero-order valence-corrected chi connectivity index (χ0v) is 8.60. The number of hydrogen-bond acceptors (Lipinski definition) is 1. The van der Waals surface area contributed by atoms with Gasteiger partial charge in [-0.3, -0.25) is 0 Å². The van der Waals surface area contributed by atoms with Crippen molar-refractivity contribution < 1.29 is 9.13 Å². The van der Waals surface area contributed by atoms with Crippen LogP contribution < -0.4 is 5.32 Å². The summed E-state index contributed by atoms with van der Waals surface area (Å²) in [6, 6.07) is 8.94. The normalized spacial score (nSPS) is 23.7. The van der Waals surface area contributed by atoms with Gasteiger partial charge in [0.25, 0.3) is 0 Å². The highest BCUT2D eigenvalue weighted by Crippen LogP contribution is 2.22. The molecule has 0 amide bonds. The molecule has 1 heterocycles. The van der Waals surface area contributed by atoms with E-state index in [1.807, 2.05) is 18.2 Å². The molecule has 1 radical (unpaired) electrons. The van der Waals surface area contributed by atoms with Crippen molar-refractivity contribution >= 4 is 0 Å². The van der Waals surface area contributed by atoms with Gasteiger partial charge < -0.3 is 4.74 Å². The summed E-state index contributed by atoms with van der Waals surface area (Å²) in [5, 5.41) is 4.23. The fourth-order valence-electron chi connectivity index (χ4n) is 1.69. The molecule has 0 saturated carbocycles. The van der Waals surface area contributed by atoms with Crippen molar-refractivity contribution in [3.63, 3.8) is 0 Å². The van der Waals surface area contributed by atoms with Gasteiger partial charge in [0.15, 0.2) is 0 Å². The van der Waals surface area contributed by atoms with Crippen molar-refractivity contribution in [3.8, 4) is 0 Å². The van der Waals surface area contributed by atoms with Crippen molar-refractivity contribution in [3.05, 3.63) is 35.9 Å². The van der Waals surface area contributed by atoms with Gasteiger partial charge in [-0.2, -0.15) is 0 Å². The number of benzene rings is 1. The highest BCUT2D eigenvalue weighted by Gasteiger charge is 2.19. The molecular weight excluding hydrogens is 193 g/mol. The Kier molecular flexibility index (Phi) is 3.69. The predicted molar refractivity (Wildman–Crippen MR) is 56.0 cm³/mol. The Morgan fingerprint density at radius 2 is 2.07 bits per heavy atom. The first kappa shape index (κ1) is 10.6. The van der Waals surface area contributed by atoms with Gasteiger partial charge in [-0.25, -0.2) is 9.71 Å². The van der Waals surface area contributed by atoms with E-state index in [0.717, 1.165) is 25.8 Å². The molecule has 0 bridgehead atoms. The van der Waals surface area contributed by atoms with E-state index >= 15 is 0 Å². The first-order valence-corrected chi connectivity index (χ1v) is 5.37. The summed E-state index contributed by atoms with van der Waals surface area (Å²) < 4.78 is 18.9. The van der Waals surface area contributed by atoms with E-state index in [-0.39, 0.29) is 6.23 Å². The second-order valence-corrected chi connectivity index (χ2v) is 3.72. The number of halogens is 1. The minimum atomic E-state index is -1.35. The summed E-state index contributed by atoms with van der Waals surface area (Å²) in [4.78, 5) is 0. The van der Waals surface area contributed by atoms with Crippen LogP contribution in [0.1, 0.15) is 31.2 Å². The Labute approximate surface area is 89.4 Å². The van der Waals surface area contributed by atoms with Crippen molar-refractivity contribution in [2.75, 3.05) is 6.54 Å². The zero-order chi connectivity index (χ0) is 10.5. The number of nitrogens with zero attached hydrogens (tertiary/aromatic N) is 1. The third-order valence-corrected chi connectivity index (χ3v) is 2.53. The third-order valence-electron chi connectivity index (χ3n) is 2.53. The van der Waals surface area contributed by atoms with Gasteiger partial charge >= 0.3 is 0 Å². The minimum Gasteiger partial charge on any atom is -0.324 e. The Bertz CT molecular complexity index is 285. The highest BCUT2D eigenvalue weighted by molar-refractivity contribution is 5.15.